The van der Waals surface area contributed by atoms with Crippen molar-refractivity contribution in [1.29, 1.82) is 0 Å². The molecule has 1 aromatic heterocycles. The summed E-state index contributed by atoms with van der Waals surface area (Å²) in [6.45, 7) is 0. The summed E-state index contributed by atoms with van der Waals surface area (Å²) in [6, 6.07) is 8.41. The Kier molecular flexibility index (Phi) is 3.99. The van der Waals surface area contributed by atoms with Crippen LogP contribution in [0.3, 0.4) is 0 Å². The fourth-order valence-corrected chi connectivity index (χ4v) is 2.92. The van der Waals surface area contributed by atoms with Crippen LogP contribution in [0.4, 0.5) is 0 Å². The highest BCUT2D eigenvalue weighted by atomic mass is 16.5. The van der Waals surface area contributed by atoms with Gasteiger partial charge >= 0.3 is 5.97 Å². The number of carbonyl (C=O) groups is 1. The summed E-state index contributed by atoms with van der Waals surface area (Å²) < 4.78 is 5.26. The molecule has 0 amide bonds. The average molecular weight is 286 g/mol. The van der Waals surface area contributed by atoms with Crippen LogP contribution in [-0.4, -0.2) is 21.2 Å². The summed E-state index contributed by atoms with van der Waals surface area (Å²) in [4.78, 5) is 15.0. The normalized spacial score (nSPS) is 17.4. The largest absolute Gasteiger partial charge is 0.481 e. The first-order valence-electron chi connectivity index (χ1n) is 7.36. The molecule has 21 heavy (non-hydrogen) atoms. The van der Waals surface area contributed by atoms with Crippen LogP contribution in [0.2, 0.25) is 0 Å². The van der Waals surface area contributed by atoms with Gasteiger partial charge in [0, 0.05) is 18.8 Å². The molecule has 0 bridgehead atoms. The summed E-state index contributed by atoms with van der Waals surface area (Å²) in [5, 5.41) is 12.7. The van der Waals surface area contributed by atoms with Gasteiger partial charge in [-0.25, -0.2) is 0 Å². The third-order valence-electron chi connectivity index (χ3n) is 3.95. The molecule has 1 aromatic carbocycles. The number of fused-ring (bicyclic) bond motifs is 1. The highest BCUT2D eigenvalue weighted by molar-refractivity contribution is 5.66. The van der Waals surface area contributed by atoms with Crippen molar-refractivity contribution in [3.63, 3.8) is 0 Å². The number of hydrogen-bond donors (Lipinski definition) is 1. The molecule has 0 radical (unpaired) electrons. The second-order valence-corrected chi connectivity index (χ2v) is 5.44. The van der Waals surface area contributed by atoms with Gasteiger partial charge in [-0.3, -0.25) is 4.79 Å². The zero-order valence-corrected chi connectivity index (χ0v) is 11.8. The number of benzene rings is 1. The minimum absolute atomic E-state index is 0.129. The lowest BCUT2D eigenvalue weighted by Crippen LogP contribution is -2.12. The third kappa shape index (κ3) is 3.12. The standard InChI is InChI=1S/C16H18N2O3/c19-15(20)10-4-9-14-17-16(18-21-14)13-8-3-6-11-5-1-2-7-12(11)13/h1-2,5,7,13H,3-4,6,8-10H2,(H,19,20). The molecule has 3 rings (SSSR count). The minimum Gasteiger partial charge on any atom is -0.481 e. The van der Waals surface area contributed by atoms with E-state index in [9.17, 15) is 4.79 Å². The second kappa shape index (κ2) is 6.08. The van der Waals surface area contributed by atoms with Crippen molar-refractivity contribution in [2.45, 2.75) is 44.4 Å². The van der Waals surface area contributed by atoms with E-state index in [2.05, 4.69) is 28.3 Å². The number of hydrogen-bond acceptors (Lipinski definition) is 4. The third-order valence-corrected chi connectivity index (χ3v) is 3.95. The molecular formula is C16H18N2O3. The van der Waals surface area contributed by atoms with Gasteiger partial charge in [-0.2, -0.15) is 4.98 Å². The smallest absolute Gasteiger partial charge is 0.303 e. The van der Waals surface area contributed by atoms with Gasteiger partial charge in [0.2, 0.25) is 5.89 Å². The van der Waals surface area contributed by atoms with Crippen LogP contribution in [-0.2, 0) is 17.6 Å². The lowest BCUT2D eigenvalue weighted by Gasteiger charge is -2.22. The van der Waals surface area contributed by atoms with Gasteiger partial charge in [0.25, 0.3) is 0 Å². The molecule has 0 fully saturated rings. The fraction of sp³-hybridized carbons (Fsp3) is 0.438. The van der Waals surface area contributed by atoms with Gasteiger partial charge in [0.15, 0.2) is 5.82 Å². The maximum atomic E-state index is 10.5. The number of nitrogens with zero attached hydrogens (tertiary/aromatic N) is 2. The van der Waals surface area contributed by atoms with E-state index in [1.54, 1.807) is 0 Å². The molecule has 5 nitrogen and oxygen atoms in total. The predicted octanol–water partition coefficient (Wildman–Crippen LogP) is 2.95. The lowest BCUT2D eigenvalue weighted by molar-refractivity contribution is -0.137. The van der Waals surface area contributed by atoms with Gasteiger partial charge in [-0.1, -0.05) is 29.4 Å². The Morgan fingerprint density at radius 1 is 1.38 bits per heavy atom. The number of carboxylic acid groups (broad SMARTS) is 1. The van der Waals surface area contributed by atoms with Crippen LogP contribution in [0.25, 0.3) is 0 Å². The Hall–Kier alpha value is -2.17. The Labute approximate surface area is 123 Å². The first kappa shape index (κ1) is 13.8. The molecular weight excluding hydrogens is 268 g/mol. The highest BCUT2D eigenvalue weighted by Gasteiger charge is 2.25. The zero-order chi connectivity index (χ0) is 14.7. The van der Waals surface area contributed by atoms with Crippen molar-refractivity contribution < 1.29 is 14.4 Å². The molecule has 0 spiro atoms. The van der Waals surface area contributed by atoms with Crippen LogP contribution in [0, 0.1) is 0 Å². The van der Waals surface area contributed by atoms with Gasteiger partial charge < -0.3 is 9.63 Å². The van der Waals surface area contributed by atoms with E-state index < -0.39 is 5.97 Å². The van der Waals surface area contributed by atoms with Crippen LogP contribution >= 0.6 is 0 Å². The Morgan fingerprint density at radius 3 is 3.10 bits per heavy atom. The maximum absolute atomic E-state index is 10.5. The molecule has 0 saturated heterocycles. The van der Waals surface area contributed by atoms with Crippen molar-refractivity contribution in [1.82, 2.24) is 10.1 Å². The molecule has 5 heteroatoms. The van der Waals surface area contributed by atoms with Gasteiger partial charge in [0.1, 0.15) is 0 Å². The molecule has 0 aliphatic heterocycles. The van der Waals surface area contributed by atoms with E-state index in [0.29, 0.717) is 18.7 Å². The molecule has 1 N–H and O–H groups in total. The maximum Gasteiger partial charge on any atom is 0.303 e. The molecule has 1 heterocycles. The van der Waals surface area contributed by atoms with E-state index in [1.807, 2.05) is 6.07 Å². The van der Waals surface area contributed by atoms with Crippen LogP contribution in [0.5, 0.6) is 0 Å². The van der Waals surface area contributed by atoms with Crippen molar-refractivity contribution in [3.8, 4) is 0 Å². The van der Waals surface area contributed by atoms with Crippen molar-refractivity contribution >= 4 is 5.97 Å². The molecule has 2 aromatic rings. The van der Waals surface area contributed by atoms with E-state index in [1.165, 1.54) is 11.1 Å². The average Bonchev–Trinajstić information content (AvgIpc) is 2.95. The second-order valence-electron chi connectivity index (χ2n) is 5.44. The Bertz CT molecular complexity index is 636. The molecule has 1 unspecified atom stereocenters. The van der Waals surface area contributed by atoms with Crippen molar-refractivity contribution in [2.75, 3.05) is 0 Å². The molecule has 1 atom stereocenters. The number of aromatic nitrogens is 2. The quantitative estimate of drug-likeness (QED) is 0.914. The minimum atomic E-state index is -0.795. The van der Waals surface area contributed by atoms with Crippen molar-refractivity contribution in [2.24, 2.45) is 0 Å². The van der Waals surface area contributed by atoms with Gasteiger partial charge in [-0.05, 0) is 36.8 Å². The van der Waals surface area contributed by atoms with Crippen molar-refractivity contribution in [3.05, 3.63) is 47.1 Å². The highest BCUT2D eigenvalue weighted by Crippen LogP contribution is 2.35. The zero-order valence-electron chi connectivity index (χ0n) is 11.8. The topological polar surface area (TPSA) is 76.2 Å². The monoisotopic (exact) mass is 286 g/mol. The summed E-state index contributed by atoms with van der Waals surface area (Å²) in [5.41, 5.74) is 2.66. The summed E-state index contributed by atoms with van der Waals surface area (Å²) in [5.74, 6) is 0.671. The van der Waals surface area contributed by atoms with E-state index in [-0.39, 0.29) is 12.3 Å². The SMILES string of the molecule is O=C(O)CCCc1nc(C2CCCc3ccccc32)no1. The number of aliphatic carboxylic acids is 1. The molecule has 110 valence electrons. The van der Waals surface area contributed by atoms with E-state index in [0.717, 1.165) is 25.1 Å². The number of carboxylic acids is 1. The number of rotatable bonds is 5. The summed E-state index contributed by atoms with van der Waals surface area (Å²) in [6.07, 6.45) is 4.45. The van der Waals surface area contributed by atoms with Crippen LogP contribution in [0.15, 0.2) is 28.8 Å². The fourth-order valence-electron chi connectivity index (χ4n) is 2.92. The first-order valence-corrected chi connectivity index (χ1v) is 7.36. The Morgan fingerprint density at radius 2 is 2.24 bits per heavy atom. The molecule has 1 aliphatic rings. The van der Waals surface area contributed by atoms with E-state index >= 15 is 0 Å². The van der Waals surface area contributed by atoms with E-state index in [4.69, 9.17) is 9.63 Å². The van der Waals surface area contributed by atoms with Crippen LogP contribution < -0.4 is 0 Å². The van der Waals surface area contributed by atoms with Crippen LogP contribution in [0.1, 0.15) is 54.4 Å². The van der Waals surface area contributed by atoms with Gasteiger partial charge in [-0.15, -0.1) is 0 Å². The van der Waals surface area contributed by atoms with Gasteiger partial charge in [0.05, 0.1) is 0 Å². The summed E-state index contributed by atoms with van der Waals surface area (Å²) in [7, 11) is 0. The molecule has 1 aliphatic carbocycles. The lowest BCUT2D eigenvalue weighted by atomic mass is 9.82. The number of aryl methyl sites for hydroxylation is 2. The predicted molar refractivity (Wildman–Crippen MR) is 76.1 cm³/mol. The first-order chi connectivity index (χ1) is 10.2. The summed E-state index contributed by atoms with van der Waals surface area (Å²) >= 11 is 0. The Balaban J connectivity index is 1.73. The molecule has 0 saturated carbocycles.